The van der Waals surface area contributed by atoms with Crippen molar-refractivity contribution in [3.05, 3.63) is 145 Å². The number of azo groups is 2. The Labute approximate surface area is 310 Å². The second-order valence-electron chi connectivity index (χ2n) is 10.8. The van der Waals surface area contributed by atoms with Crippen LogP contribution in [0.2, 0.25) is 0 Å². The van der Waals surface area contributed by atoms with Crippen LogP contribution in [0.5, 0.6) is 0 Å². The van der Waals surface area contributed by atoms with E-state index in [2.05, 4.69) is 32.6 Å². The summed E-state index contributed by atoms with van der Waals surface area (Å²) in [6, 6.07) is 36.9. The van der Waals surface area contributed by atoms with Crippen LogP contribution in [0.3, 0.4) is 0 Å². The summed E-state index contributed by atoms with van der Waals surface area (Å²) in [5.41, 5.74) is 3.39. The second-order valence-corrected chi connectivity index (χ2v) is 10.8. The van der Waals surface area contributed by atoms with Crippen LogP contribution in [-0.2, 0) is 55.2 Å². The van der Waals surface area contributed by atoms with Gasteiger partial charge in [0.15, 0.2) is 18.2 Å². The number of carbonyl (C=O) groups is 2. The van der Waals surface area contributed by atoms with Crippen molar-refractivity contribution < 1.29 is 60.9 Å². The molecule has 0 saturated heterocycles. The van der Waals surface area contributed by atoms with Crippen molar-refractivity contribution in [1.29, 1.82) is 0 Å². The predicted molar refractivity (Wildman–Crippen MR) is 174 cm³/mol. The topological polar surface area (TPSA) is 94.6 Å². The van der Waals surface area contributed by atoms with Gasteiger partial charge in [0.2, 0.25) is 0 Å². The van der Waals surface area contributed by atoms with Gasteiger partial charge in [-0.2, -0.15) is 46.6 Å². The molecule has 11 heteroatoms. The van der Waals surface area contributed by atoms with E-state index in [4.69, 9.17) is 0 Å². The van der Waals surface area contributed by atoms with Crippen molar-refractivity contribution in [2.75, 3.05) is 13.6 Å². The van der Waals surface area contributed by atoms with Gasteiger partial charge in [-0.15, -0.1) is 24.3 Å². The van der Waals surface area contributed by atoms with Crippen LogP contribution in [0, 0.1) is 18.1 Å². The van der Waals surface area contributed by atoms with Crippen LogP contribution < -0.4 is 9.13 Å². The van der Waals surface area contributed by atoms with E-state index in [9.17, 15) is 9.59 Å². The number of carbonyl (C=O) groups excluding carboxylic acids is 2. The molecule has 0 aliphatic rings. The first-order chi connectivity index (χ1) is 22.5. The Balaban J connectivity index is 0.00000312. The fourth-order valence-corrected chi connectivity index (χ4v) is 4.64. The standard InChI is InChI=1S/C37H35N7O2.2W/c1-29(20-24-43-25-21-34(22-26-43)39-38-32-11-5-3-6-12-32)36(45)30-16-18-31(19-17-30)37(46)42(2)27-28-44-23-10-9-15-35(44)41-40-33-13-7-4-8-14-33;;/h5-19,21-23,25-26,29H,20,24,27-28H2,1-2H3;;. The van der Waals surface area contributed by atoms with E-state index in [-0.39, 0.29) is 59.7 Å². The normalized spacial score (nSPS) is 11.5. The van der Waals surface area contributed by atoms with E-state index in [0.717, 1.165) is 17.1 Å². The van der Waals surface area contributed by atoms with Gasteiger partial charge in [0.05, 0.1) is 23.5 Å². The van der Waals surface area contributed by atoms with Crippen LogP contribution in [-0.4, -0.2) is 30.2 Å². The molecule has 48 heavy (non-hydrogen) atoms. The fourth-order valence-electron chi connectivity index (χ4n) is 4.64. The molecular formula is C37H35N7O2W2. The van der Waals surface area contributed by atoms with Gasteiger partial charge in [-0.3, -0.25) is 9.59 Å². The van der Waals surface area contributed by atoms with E-state index in [1.54, 1.807) is 60.5 Å². The third-order valence-corrected chi connectivity index (χ3v) is 7.45. The molecule has 0 radical (unpaired) electrons. The molecule has 0 spiro atoms. The summed E-state index contributed by atoms with van der Waals surface area (Å²) in [7, 11) is 1.77. The Hall–Kier alpha value is -4.32. The largest absolute Gasteiger partial charge is 0.350 e. The molecule has 1 unspecified atom stereocenters. The van der Waals surface area contributed by atoms with Crippen LogP contribution in [0.1, 0.15) is 34.1 Å². The van der Waals surface area contributed by atoms with Gasteiger partial charge in [0.1, 0.15) is 13.1 Å². The minimum atomic E-state index is -0.180. The zero-order chi connectivity index (χ0) is 32.1. The summed E-state index contributed by atoms with van der Waals surface area (Å²) in [6.45, 7) is 3.64. The van der Waals surface area contributed by atoms with Crippen LogP contribution >= 0.6 is 0 Å². The summed E-state index contributed by atoms with van der Waals surface area (Å²) in [5, 5.41) is 17.2. The number of hydrogen-bond acceptors (Lipinski definition) is 6. The molecule has 5 rings (SSSR count). The van der Waals surface area contributed by atoms with Gasteiger partial charge in [-0.25, -0.2) is 9.13 Å². The Morgan fingerprint density at radius 2 is 1.23 bits per heavy atom. The minimum absolute atomic E-state index is 0. The van der Waals surface area contributed by atoms with Crippen LogP contribution in [0.4, 0.5) is 22.9 Å². The first kappa shape index (κ1) is 38.1. The molecule has 0 N–H and O–H groups in total. The number of Topliss-reactive ketones (excluding diaryl/α,β-unsaturated/α-hetero) is 1. The molecule has 0 aliphatic heterocycles. The summed E-state index contributed by atoms with van der Waals surface area (Å²) >= 11 is 0. The number of likely N-dealkylation sites (N-methyl/N-ethyl adjacent to an activating group) is 1. The molecule has 2 heterocycles. The van der Waals surface area contributed by atoms with Crippen molar-refractivity contribution in [3.8, 4) is 0 Å². The average Bonchev–Trinajstić information content (AvgIpc) is 3.12. The maximum absolute atomic E-state index is 13.1. The van der Waals surface area contributed by atoms with Gasteiger partial charge in [0.25, 0.3) is 5.91 Å². The number of nitrogens with zero attached hydrogens (tertiary/aromatic N) is 7. The van der Waals surface area contributed by atoms with E-state index in [1.807, 2.05) is 89.2 Å². The number of rotatable bonds is 13. The molecule has 9 nitrogen and oxygen atoms in total. The third-order valence-electron chi connectivity index (χ3n) is 7.45. The number of amides is 1. The Morgan fingerprint density at radius 1 is 0.688 bits per heavy atom. The minimum Gasteiger partial charge on any atom is -0.338 e. The average molecular weight is 977 g/mol. The summed E-state index contributed by atoms with van der Waals surface area (Å²) in [4.78, 5) is 27.9. The summed E-state index contributed by atoms with van der Waals surface area (Å²) in [5.74, 6) is 0.441. The van der Waals surface area contributed by atoms with Gasteiger partial charge in [0, 0.05) is 96.5 Å². The van der Waals surface area contributed by atoms with Crippen LogP contribution in [0.15, 0.2) is 142 Å². The Kier molecular flexibility index (Phi) is 15.5. The SMILES string of the molecule is CC(CC[n+]1ccc(N=Nc2cc[c-]cc2)cc1)C(=O)c1ccc(C(=O)N(C)CC[n+]2ccccc2N=Nc2cc[c-]cc2)cc1.[W].[W]. The van der Waals surface area contributed by atoms with Crippen molar-refractivity contribution in [1.82, 2.24) is 4.90 Å². The van der Waals surface area contributed by atoms with Crippen molar-refractivity contribution in [3.63, 3.8) is 0 Å². The smallest absolute Gasteiger partial charge is 0.338 e. The monoisotopic (exact) mass is 977 g/mol. The van der Waals surface area contributed by atoms with Crippen molar-refractivity contribution in [2.45, 2.75) is 26.4 Å². The van der Waals surface area contributed by atoms with E-state index < -0.39 is 0 Å². The molecule has 0 fully saturated rings. The molecule has 0 bridgehead atoms. The zero-order valence-corrected chi connectivity index (χ0v) is 32.6. The van der Waals surface area contributed by atoms with E-state index >= 15 is 0 Å². The number of hydrogen-bond donors (Lipinski definition) is 0. The molecule has 0 saturated carbocycles. The molecule has 3 aromatic carbocycles. The fraction of sp³-hybridized carbons (Fsp3) is 0.189. The number of pyridine rings is 2. The van der Waals surface area contributed by atoms with E-state index in [0.29, 0.717) is 43.0 Å². The quantitative estimate of drug-likeness (QED) is 0.0534. The number of aromatic nitrogens is 2. The summed E-state index contributed by atoms with van der Waals surface area (Å²) < 4.78 is 3.98. The maximum Gasteiger partial charge on any atom is 0.350 e. The van der Waals surface area contributed by atoms with Gasteiger partial charge in [-0.05, 0) is 23.9 Å². The molecular weight excluding hydrogens is 942 g/mol. The van der Waals surface area contributed by atoms with Crippen LogP contribution in [0.25, 0.3) is 0 Å². The zero-order valence-electron chi connectivity index (χ0n) is 26.7. The Morgan fingerprint density at radius 3 is 1.83 bits per heavy atom. The number of benzene rings is 3. The predicted octanol–water partition coefficient (Wildman–Crippen LogP) is 7.37. The summed E-state index contributed by atoms with van der Waals surface area (Å²) in [6.07, 6.45) is 6.47. The van der Waals surface area contributed by atoms with Crippen molar-refractivity contribution >= 4 is 34.6 Å². The second kappa shape index (κ2) is 19.5. The third kappa shape index (κ3) is 11.1. The molecule has 1 amide bonds. The van der Waals surface area contributed by atoms with E-state index in [1.165, 1.54) is 0 Å². The number of aryl methyl sites for hydroxylation is 1. The molecule has 2 aromatic heterocycles. The molecule has 1 atom stereocenters. The number of ketones is 1. The van der Waals surface area contributed by atoms with Gasteiger partial charge in [-0.1, -0.05) is 30.2 Å². The first-order valence-electron chi connectivity index (χ1n) is 15.1. The van der Waals surface area contributed by atoms with Gasteiger partial charge < -0.3 is 4.90 Å². The molecule has 5 aromatic rings. The van der Waals surface area contributed by atoms with Gasteiger partial charge >= 0.3 is 5.82 Å². The molecule has 242 valence electrons. The maximum atomic E-state index is 13.1. The Bertz CT molecular complexity index is 1800. The van der Waals surface area contributed by atoms with Crippen molar-refractivity contribution in [2.24, 2.45) is 26.4 Å². The molecule has 0 aliphatic carbocycles. The first-order valence-corrected chi connectivity index (χ1v) is 15.1.